The van der Waals surface area contributed by atoms with Crippen molar-refractivity contribution in [3.05, 3.63) is 52.8 Å². The summed E-state index contributed by atoms with van der Waals surface area (Å²) < 4.78 is 0. The van der Waals surface area contributed by atoms with Crippen molar-refractivity contribution in [2.24, 2.45) is 5.73 Å². The molecule has 1 aromatic heterocycles. The molecule has 0 spiro atoms. The van der Waals surface area contributed by atoms with Gasteiger partial charge in [0.2, 0.25) is 0 Å². The number of nitrogens with one attached hydrogen (secondary N) is 1. The normalized spacial score (nSPS) is 12.7. The van der Waals surface area contributed by atoms with E-state index in [9.17, 15) is 0 Å². The van der Waals surface area contributed by atoms with E-state index in [-0.39, 0.29) is 6.04 Å². The molecule has 0 fully saturated rings. The van der Waals surface area contributed by atoms with Crippen molar-refractivity contribution in [3.63, 3.8) is 0 Å². The third-order valence-corrected chi connectivity index (χ3v) is 2.63. The first kappa shape index (κ1) is 9.93. The predicted molar refractivity (Wildman–Crippen MR) is 60.5 cm³/mol. The van der Waals surface area contributed by atoms with Crippen molar-refractivity contribution < 1.29 is 0 Å². The van der Waals surface area contributed by atoms with Crippen molar-refractivity contribution in [2.45, 2.75) is 19.9 Å². The number of hydrogen-bond donors (Lipinski definition) is 2. The Bertz CT molecular complexity index is 446. The van der Waals surface area contributed by atoms with E-state index in [1.165, 1.54) is 11.1 Å². The first-order chi connectivity index (χ1) is 7.18. The SMILES string of the molecule is Cc1ccc(C)c(C(N)c2ccn[nH]2)c1. The fraction of sp³-hybridized carbons (Fsp3) is 0.250. The summed E-state index contributed by atoms with van der Waals surface area (Å²) in [5.41, 5.74) is 10.7. The van der Waals surface area contributed by atoms with Crippen LogP contribution in [0.4, 0.5) is 0 Å². The second kappa shape index (κ2) is 3.87. The van der Waals surface area contributed by atoms with Gasteiger partial charge in [0.05, 0.1) is 11.7 Å². The Balaban J connectivity index is 2.41. The number of aryl methyl sites for hydroxylation is 2. The van der Waals surface area contributed by atoms with Crippen molar-refractivity contribution in [3.8, 4) is 0 Å². The fourth-order valence-corrected chi connectivity index (χ4v) is 1.70. The fourth-order valence-electron chi connectivity index (χ4n) is 1.70. The second-order valence-electron chi connectivity index (χ2n) is 3.85. The molecule has 3 heteroatoms. The van der Waals surface area contributed by atoms with Crippen molar-refractivity contribution in [1.29, 1.82) is 0 Å². The highest BCUT2D eigenvalue weighted by molar-refractivity contribution is 5.36. The topological polar surface area (TPSA) is 54.7 Å². The van der Waals surface area contributed by atoms with Crippen LogP contribution in [0.25, 0.3) is 0 Å². The summed E-state index contributed by atoms with van der Waals surface area (Å²) in [4.78, 5) is 0. The average Bonchev–Trinajstić information content (AvgIpc) is 2.74. The van der Waals surface area contributed by atoms with Crippen LogP contribution in [-0.2, 0) is 0 Å². The lowest BCUT2D eigenvalue weighted by molar-refractivity contribution is 0.808. The zero-order valence-electron chi connectivity index (χ0n) is 8.99. The molecule has 0 saturated carbocycles. The molecular weight excluding hydrogens is 186 g/mol. The van der Waals surface area contributed by atoms with Gasteiger partial charge in [0.25, 0.3) is 0 Å². The van der Waals surface area contributed by atoms with Gasteiger partial charge in [-0.3, -0.25) is 5.10 Å². The van der Waals surface area contributed by atoms with Crippen molar-refractivity contribution in [1.82, 2.24) is 10.2 Å². The van der Waals surface area contributed by atoms with Gasteiger partial charge in [-0.1, -0.05) is 23.8 Å². The van der Waals surface area contributed by atoms with E-state index in [0.717, 1.165) is 11.3 Å². The van der Waals surface area contributed by atoms with Gasteiger partial charge >= 0.3 is 0 Å². The van der Waals surface area contributed by atoms with Crippen molar-refractivity contribution >= 4 is 0 Å². The molecule has 0 radical (unpaired) electrons. The van der Waals surface area contributed by atoms with Gasteiger partial charge in [-0.25, -0.2) is 0 Å². The molecule has 2 rings (SSSR count). The van der Waals surface area contributed by atoms with Crippen LogP contribution in [-0.4, -0.2) is 10.2 Å². The minimum Gasteiger partial charge on any atom is -0.319 e. The highest BCUT2D eigenvalue weighted by Crippen LogP contribution is 2.21. The zero-order valence-corrected chi connectivity index (χ0v) is 8.99. The number of H-pyrrole nitrogens is 1. The summed E-state index contributed by atoms with van der Waals surface area (Å²) in [7, 11) is 0. The molecule has 3 N–H and O–H groups in total. The molecule has 1 atom stereocenters. The monoisotopic (exact) mass is 201 g/mol. The average molecular weight is 201 g/mol. The zero-order chi connectivity index (χ0) is 10.8. The molecule has 0 aliphatic heterocycles. The molecule has 0 amide bonds. The van der Waals surface area contributed by atoms with E-state index >= 15 is 0 Å². The van der Waals surface area contributed by atoms with Crippen LogP contribution in [0.3, 0.4) is 0 Å². The van der Waals surface area contributed by atoms with Crippen LogP contribution in [0.5, 0.6) is 0 Å². The van der Waals surface area contributed by atoms with E-state index in [1.807, 2.05) is 6.07 Å². The Morgan fingerprint density at radius 1 is 1.27 bits per heavy atom. The van der Waals surface area contributed by atoms with E-state index in [2.05, 4.69) is 42.2 Å². The van der Waals surface area contributed by atoms with Crippen LogP contribution in [0, 0.1) is 13.8 Å². The number of nitrogens with two attached hydrogens (primary N) is 1. The Kier molecular flexibility index (Phi) is 2.56. The Morgan fingerprint density at radius 2 is 2.07 bits per heavy atom. The quantitative estimate of drug-likeness (QED) is 0.781. The Hall–Kier alpha value is -1.61. The largest absolute Gasteiger partial charge is 0.319 e. The van der Waals surface area contributed by atoms with Gasteiger partial charge in [0.1, 0.15) is 0 Å². The molecular formula is C12H15N3. The van der Waals surface area contributed by atoms with E-state index in [0.29, 0.717) is 0 Å². The molecule has 1 heterocycles. The highest BCUT2D eigenvalue weighted by Gasteiger charge is 2.12. The molecule has 2 aromatic rings. The summed E-state index contributed by atoms with van der Waals surface area (Å²) in [5.74, 6) is 0. The van der Waals surface area contributed by atoms with Crippen molar-refractivity contribution in [2.75, 3.05) is 0 Å². The Morgan fingerprint density at radius 3 is 2.73 bits per heavy atom. The lowest BCUT2D eigenvalue weighted by Gasteiger charge is -2.13. The summed E-state index contributed by atoms with van der Waals surface area (Å²) in [5, 5.41) is 6.82. The number of aromatic nitrogens is 2. The standard InChI is InChI=1S/C12H15N3/c1-8-3-4-9(2)10(7-8)12(13)11-5-6-14-15-11/h3-7,12H,13H2,1-2H3,(H,14,15). The third-order valence-electron chi connectivity index (χ3n) is 2.63. The summed E-state index contributed by atoms with van der Waals surface area (Å²) in [6.45, 7) is 4.15. The van der Waals surface area contributed by atoms with Gasteiger partial charge in [-0.15, -0.1) is 0 Å². The van der Waals surface area contributed by atoms with E-state index in [4.69, 9.17) is 5.73 Å². The van der Waals surface area contributed by atoms with E-state index in [1.54, 1.807) is 6.20 Å². The number of benzene rings is 1. The lowest BCUT2D eigenvalue weighted by atomic mass is 9.97. The minimum atomic E-state index is -0.118. The molecule has 0 aliphatic rings. The van der Waals surface area contributed by atoms with E-state index < -0.39 is 0 Å². The molecule has 1 unspecified atom stereocenters. The molecule has 15 heavy (non-hydrogen) atoms. The lowest BCUT2D eigenvalue weighted by Crippen LogP contribution is -2.13. The third kappa shape index (κ3) is 1.92. The second-order valence-corrected chi connectivity index (χ2v) is 3.85. The first-order valence-electron chi connectivity index (χ1n) is 5.00. The van der Waals surface area contributed by atoms with Crippen LogP contribution < -0.4 is 5.73 Å². The maximum absolute atomic E-state index is 6.16. The summed E-state index contributed by atoms with van der Waals surface area (Å²) in [6.07, 6.45) is 1.72. The molecule has 0 aliphatic carbocycles. The van der Waals surface area contributed by atoms with Gasteiger partial charge in [-0.05, 0) is 31.0 Å². The summed E-state index contributed by atoms with van der Waals surface area (Å²) >= 11 is 0. The van der Waals surface area contributed by atoms with Gasteiger partial charge in [0, 0.05) is 6.20 Å². The maximum Gasteiger partial charge on any atom is 0.0723 e. The number of aromatic amines is 1. The van der Waals surface area contributed by atoms with Crippen LogP contribution >= 0.6 is 0 Å². The minimum absolute atomic E-state index is 0.118. The molecule has 0 bridgehead atoms. The number of hydrogen-bond acceptors (Lipinski definition) is 2. The van der Waals surface area contributed by atoms with Crippen LogP contribution in [0.1, 0.15) is 28.4 Å². The molecule has 1 aromatic carbocycles. The van der Waals surface area contributed by atoms with Crippen LogP contribution in [0.2, 0.25) is 0 Å². The first-order valence-corrected chi connectivity index (χ1v) is 5.00. The molecule has 78 valence electrons. The molecule has 0 saturated heterocycles. The smallest absolute Gasteiger partial charge is 0.0723 e. The van der Waals surface area contributed by atoms with Crippen LogP contribution in [0.15, 0.2) is 30.5 Å². The number of rotatable bonds is 2. The Labute approximate surface area is 89.3 Å². The van der Waals surface area contributed by atoms with Gasteiger partial charge in [0.15, 0.2) is 0 Å². The summed E-state index contributed by atoms with van der Waals surface area (Å²) in [6, 6.07) is 8.11. The highest BCUT2D eigenvalue weighted by atomic mass is 15.1. The maximum atomic E-state index is 6.16. The predicted octanol–water partition coefficient (Wildman–Crippen LogP) is 2.07. The molecule has 3 nitrogen and oxygen atoms in total. The van der Waals surface area contributed by atoms with Gasteiger partial charge < -0.3 is 5.73 Å². The number of nitrogens with zero attached hydrogens (tertiary/aromatic N) is 1. The van der Waals surface area contributed by atoms with Gasteiger partial charge in [-0.2, -0.15) is 5.10 Å².